The van der Waals surface area contributed by atoms with Gasteiger partial charge in [0.2, 0.25) is 5.82 Å². The van der Waals surface area contributed by atoms with Crippen molar-refractivity contribution in [2.24, 2.45) is 0 Å². The summed E-state index contributed by atoms with van der Waals surface area (Å²) in [5, 5.41) is 3.89. The van der Waals surface area contributed by atoms with E-state index in [-0.39, 0.29) is 28.1 Å². The van der Waals surface area contributed by atoms with Crippen molar-refractivity contribution in [3.63, 3.8) is 0 Å². The van der Waals surface area contributed by atoms with Gasteiger partial charge in [-0.25, -0.2) is 8.78 Å². The zero-order chi connectivity index (χ0) is 15.7. The van der Waals surface area contributed by atoms with Crippen molar-refractivity contribution in [1.29, 1.82) is 0 Å². The highest BCUT2D eigenvalue weighted by Gasteiger charge is 2.20. The highest BCUT2D eigenvalue weighted by atomic mass is 35.5. The molecule has 3 rings (SSSR count). The SMILES string of the molecule is COc1cccc(F)c1-c1nc(-c2ccc(F)cc2Cl)no1. The van der Waals surface area contributed by atoms with Crippen molar-refractivity contribution in [3.8, 4) is 28.6 Å². The Morgan fingerprint density at radius 2 is 2.00 bits per heavy atom. The Morgan fingerprint density at radius 1 is 1.18 bits per heavy atom. The van der Waals surface area contributed by atoms with Crippen molar-refractivity contribution in [2.75, 3.05) is 7.11 Å². The second-order valence-electron chi connectivity index (χ2n) is 4.36. The molecule has 0 atom stereocenters. The lowest BCUT2D eigenvalue weighted by Crippen LogP contribution is -1.92. The predicted molar refractivity (Wildman–Crippen MR) is 76.6 cm³/mol. The van der Waals surface area contributed by atoms with E-state index in [0.717, 1.165) is 6.07 Å². The number of benzene rings is 2. The second-order valence-corrected chi connectivity index (χ2v) is 4.77. The number of aromatic nitrogens is 2. The summed E-state index contributed by atoms with van der Waals surface area (Å²) in [5.41, 5.74) is 0.440. The van der Waals surface area contributed by atoms with Gasteiger partial charge in [0.05, 0.1) is 12.1 Å². The fourth-order valence-corrected chi connectivity index (χ4v) is 2.24. The van der Waals surface area contributed by atoms with Gasteiger partial charge in [-0.3, -0.25) is 0 Å². The summed E-state index contributed by atoms with van der Waals surface area (Å²) < 4.78 is 37.2. The van der Waals surface area contributed by atoms with Crippen molar-refractivity contribution >= 4 is 11.6 Å². The number of nitrogens with zero attached hydrogens (tertiary/aromatic N) is 2. The quantitative estimate of drug-likeness (QED) is 0.719. The highest BCUT2D eigenvalue weighted by molar-refractivity contribution is 6.33. The summed E-state index contributed by atoms with van der Waals surface area (Å²) in [4.78, 5) is 4.11. The molecule has 0 amide bonds. The molecule has 112 valence electrons. The van der Waals surface area contributed by atoms with E-state index >= 15 is 0 Å². The minimum absolute atomic E-state index is 0.0506. The first-order valence-corrected chi connectivity index (χ1v) is 6.60. The van der Waals surface area contributed by atoms with E-state index in [9.17, 15) is 8.78 Å². The van der Waals surface area contributed by atoms with Crippen LogP contribution >= 0.6 is 11.6 Å². The Morgan fingerprint density at radius 3 is 2.73 bits per heavy atom. The normalized spacial score (nSPS) is 10.7. The number of hydrogen-bond acceptors (Lipinski definition) is 4. The van der Waals surface area contributed by atoms with E-state index in [1.807, 2.05) is 0 Å². The molecule has 7 heteroatoms. The first-order valence-electron chi connectivity index (χ1n) is 6.22. The van der Waals surface area contributed by atoms with Gasteiger partial charge >= 0.3 is 0 Å². The molecule has 0 saturated carbocycles. The average Bonchev–Trinajstić information content (AvgIpc) is 2.96. The minimum atomic E-state index is -0.556. The van der Waals surface area contributed by atoms with Crippen LogP contribution in [0.5, 0.6) is 5.75 Å². The Balaban J connectivity index is 2.08. The Labute approximate surface area is 129 Å². The van der Waals surface area contributed by atoms with Gasteiger partial charge in [0.15, 0.2) is 0 Å². The zero-order valence-electron chi connectivity index (χ0n) is 11.3. The molecule has 0 saturated heterocycles. The molecule has 0 fully saturated rings. The number of rotatable bonds is 3. The van der Waals surface area contributed by atoms with E-state index < -0.39 is 11.6 Å². The molecule has 1 aromatic heterocycles. The third-order valence-corrected chi connectivity index (χ3v) is 3.32. The first kappa shape index (κ1) is 14.5. The van der Waals surface area contributed by atoms with Crippen LogP contribution in [0.4, 0.5) is 8.78 Å². The molecule has 0 radical (unpaired) electrons. The zero-order valence-corrected chi connectivity index (χ0v) is 12.1. The van der Waals surface area contributed by atoms with Crippen molar-refractivity contribution < 1.29 is 18.0 Å². The molecule has 1 heterocycles. The van der Waals surface area contributed by atoms with Crippen molar-refractivity contribution in [1.82, 2.24) is 10.1 Å². The maximum Gasteiger partial charge on any atom is 0.265 e. The van der Waals surface area contributed by atoms with Crippen LogP contribution in [-0.4, -0.2) is 17.3 Å². The lowest BCUT2D eigenvalue weighted by molar-refractivity contribution is 0.401. The lowest BCUT2D eigenvalue weighted by Gasteiger charge is -2.04. The molecule has 0 unspecified atom stereocenters. The molecule has 22 heavy (non-hydrogen) atoms. The molecule has 0 aliphatic heterocycles. The number of methoxy groups -OCH3 is 1. The summed E-state index contributed by atoms with van der Waals surface area (Å²) >= 11 is 5.95. The number of hydrogen-bond donors (Lipinski definition) is 0. The van der Waals surface area contributed by atoms with E-state index in [1.165, 1.54) is 31.4 Å². The first-order chi connectivity index (χ1) is 10.6. The summed E-state index contributed by atoms with van der Waals surface area (Å²) in [6, 6.07) is 8.12. The molecule has 0 aliphatic rings. The maximum absolute atomic E-state index is 14.0. The fraction of sp³-hybridized carbons (Fsp3) is 0.0667. The summed E-state index contributed by atoms with van der Waals surface area (Å²) in [5.74, 6) is -0.691. The number of ether oxygens (including phenoxy) is 1. The van der Waals surface area contributed by atoms with Gasteiger partial charge in [0.1, 0.15) is 22.9 Å². The van der Waals surface area contributed by atoms with Gasteiger partial charge in [0.25, 0.3) is 5.89 Å². The number of halogens is 3. The van der Waals surface area contributed by atoms with Crippen LogP contribution in [0.25, 0.3) is 22.8 Å². The molecular weight excluding hydrogens is 314 g/mol. The average molecular weight is 323 g/mol. The van der Waals surface area contributed by atoms with Crippen LogP contribution in [0.2, 0.25) is 5.02 Å². The van der Waals surface area contributed by atoms with Crippen molar-refractivity contribution in [3.05, 3.63) is 53.1 Å². The van der Waals surface area contributed by atoms with Gasteiger partial charge in [-0.1, -0.05) is 22.8 Å². The Hall–Kier alpha value is -2.47. The maximum atomic E-state index is 14.0. The third-order valence-electron chi connectivity index (χ3n) is 3.01. The van der Waals surface area contributed by atoms with Gasteiger partial charge in [-0.2, -0.15) is 4.98 Å². The molecule has 0 aliphatic carbocycles. The van der Waals surface area contributed by atoms with Gasteiger partial charge in [0, 0.05) is 5.56 Å². The van der Waals surface area contributed by atoms with Gasteiger partial charge < -0.3 is 9.26 Å². The molecule has 3 aromatic rings. The second kappa shape index (κ2) is 5.73. The van der Waals surface area contributed by atoms with Crippen molar-refractivity contribution in [2.45, 2.75) is 0 Å². The van der Waals surface area contributed by atoms with Crippen LogP contribution in [0.1, 0.15) is 0 Å². The summed E-state index contributed by atoms with van der Waals surface area (Å²) in [6.45, 7) is 0. The standard InChI is InChI=1S/C15H9ClF2N2O2/c1-21-12-4-2-3-11(18)13(12)15-19-14(20-22-15)9-6-5-8(17)7-10(9)16/h2-7H,1H3. The Kier molecular flexibility index (Phi) is 3.77. The molecule has 4 nitrogen and oxygen atoms in total. The molecule has 0 spiro atoms. The van der Waals surface area contributed by atoms with E-state index in [2.05, 4.69) is 10.1 Å². The molecule has 2 aromatic carbocycles. The largest absolute Gasteiger partial charge is 0.496 e. The van der Waals surface area contributed by atoms with Gasteiger partial charge in [-0.05, 0) is 30.3 Å². The van der Waals surface area contributed by atoms with Crippen LogP contribution in [-0.2, 0) is 0 Å². The summed E-state index contributed by atoms with van der Waals surface area (Å²) in [6.07, 6.45) is 0. The van der Waals surface area contributed by atoms with Crippen LogP contribution in [0, 0.1) is 11.6 Å². The Bertz CT molecular complexity index is 836. The fourth-order valence-electron chi connectivity index (χ4n) is 1.99. The third kappa shape index (κ3) is 2.53. The van der Waals surface area contributed by atoms with E-state index in [0.29, 0.717) is 5.56 Å². The smallest absolute Gasteiger partial charge is 0.265 e. The van der Waals surface area contributed by atoms with Gasteiger partial charge in [-0.15, -0.1) is 0 Å². The molecular formula is C15H9ClF2N2O2. The monoisotopic (exact) mass is 322 g/mol. The van der Waals surface area contributed by atoms with E-state index in [4.69, 9.17) is 20.9 Å². The van der Waals surface area contributed by atoms with Crippen LogP contribution < -0.4 is 4.74 Å². The van der Waals surface area contributed by atoms with Crippen LogP contribution in [0.15, 0.2) is 40.9 Å². The van der Waals surface area contributed by atoms with Crippen LogP contribution in [0.3, 0.4) is 0 Å². The minimum Gasteiger partial charge on any atom is -0.496 e. The molecule has 0 N–H and O–H groups in total. The van der Waals surface area contributed by atoms with E-state index in [1.54, 1.807) is 6.07 Å². The predicted octanol–water partition coefficient (Wildman–Crippen LogP) is 4.34. The molecule has 0 bridgehead atoms. The highest BCUT2D eigenvalue weighted by Crippen LogP contribution is 2.33. The topological polar surface area (TPSA) is 48.2 Å². The summed E-state index contributed by atoms with van der Waals surface area (Å²) in [7, 11) is 1.41. The lowest BCUT2D eigenvalue weighted by atomic mass is 10.2.